The molecule has 1 aliphatic carbocycles. The highest BCUT2D eigenvalue weighted by molar-refractivity contribution is 6.42. The predicted octanol–water partition coefficient (Wildman–Crippen LogP) is 4.59. The first kappa shape index (κ1) is 13.8. The van der Waals surface area contributed by atoms with Crippen LogP contribution in [0, 0.1) is 5.92 Å². The van der Waals surface area contributed by atoms with Gasteiger partial charge in [0.15, 0.2) is 0 Å². The molecule has 0 bridgehead atoms. The van der Waals surface area contributed by atoms with Gasteiger partial charge in [0.2, 0.25) is 0 Å². The number of anilines is 2. The van der Waals surface area contributed by atoms with Crippen LogP contribution in [0.15, 0.2) is 12.1 Å². The van der Waals surface area contributed by atoms with Crippen molar-refractivity contribution in [3.8, 4) is 0 Å². The number of nitrogens with zero attached hydrogens (tertiary/aromatic N) is 1. The van der Waals surface area contributed by atoms with Crippen molar-refractivity contribution in [1.82, 2.24) is 0 Å². The molecule has 0 atom stereocenters. The fraction of sp³-hybridized carbons (Fsp3) is 0.571. The molecule has 1 saturated carbocycles. The van der Waals surface area contributed by atoms with Gasteiger partial charge in [0, 0.05) is 13.6 Å². The number of hydrogen-bond acceptors (Lipinski definition) is 2. The maximum absolute atomic E-state index is 6.06. The summed E-state index contributed by atoms with van der Waals surface area (Å²) in [6.45, 7) is 1.04. The summed E-state index contributed by atoms with van der Waals surface area (Å²) in [5.41, 5.74) is 7.69. The van der Waals surface area contributed by atoms with Crippen LogP contribution in [0.5, 0.6) is 0 Å². The molecule has 1 aromatic carbocycles. The molecule has 100 valence electrons. The van der Waals surface area contributed by atoms with Crippen LogP contribution in [0.3, 0.4) is 0 Å². The number of nitrogens with two attached hydrogens (primary N) is 1. The first-order valence-electron chi connectivity index (χ1n) is 6.53. The zero-order valence-corrected chi connectivity index (χ0v) is 12.3. The second-order valence-electron chi connectivity index (χ2n) is 5.21. The highest BCUT2D eigenvalue weighted by atomic mass is 35.5. The molecule has 0 unspecified atom stereocenters. The van der Waals surface area contributed by atoms with Gasteiger partial charge < -0.3 is 10.6 Å². The fourth-order valence-electron chi connectivity index (χ4n) is 2.74. The molecule has 1 fully saturated rings. The van der Waals surface area contributed by atoms with E-state index in [2.05, 4.69) is 11.9 Å². The molecular weight excluding hydrogens is 267 g/mol. The molecule has 0 spiro atoms. The molecule has 18 heavy (non-hydrogen) atoms. The molecule has 0 amide bonds. The highest BCUT2D eigenvalue weighted by Gasteiger charge is 2.17. The van der Waals surface area contributed by atoms with Crippen LogP contribution >= 0.6 is 23.2 Å². The maximum atomic E-state index is 6.06. The van der Waals surface area contributed by atoms with Crippen molar-refractivity contribution in [1.29, 1.82) is 0 Å². The highest BCUT2D eigenvalue weighted by Crippen LogP contribution is 2.34. The number of rotatable bonds is 3. The van der Waals surface area contributed by atoms with Crippen LogP contribution < -0.4 is 10.6 Å². The lowest BCUT2D eigenvalue weighted by Gasteiger charge is -2.29. The minimum Gasteiger partial charge on any atom is -0.397 e. The lowest BCUT2D eigenvalue weighted by molar-refractivity contribution is 0.362. The van der Waals surface area contributed by atoms with E-state index in [1.807, 2.05) is 6.07 Å². The van der Waals surface area contributed by atoms with Crippen molar-refractivity contribution in [2.45, 2.75) is 32.1 Å². The van der Waals surface area contributed by atoms with E-state index in [1.165, 1.54) is 32.1 Å². The Morgan fingerprint density at radius 2 is 1.78 bits per heavy atom. The number of nitrogen functional groups attached to an aromatic ring is 1. The lowest BCUT2D eigenvalue weighted by Crippen LogP contribution is -2.27. The van der Waals surface area contributed by atoms with Crippen LogP contribution in [0.2, 0.25) is 10.0 Å². The molecule has 2 rings (SSSR count). The number of halogens is 2. The van der Waals surface area contributed by atoms with Gasteiger partial charge in [-0.25, -0.2) is 0 Å². The first-order chi connectivity index (χ1) is 8.58. The van der Waals surface area contributed by atoms with Crippen LogP contribution in [-0.2, 0) is 0 Å². The smallest absolute Gasteiger partial charge is 0.0614 e. The van der Waals surface area contributed by atoms with Crippen molar-refractivity contribution in [3.63, 3.8) is 0 Å². The van der Waals surface area contributed by atoms with Crippen molar-refractivity contribution >= 4 is 34.6 Å². The third-order valence-corrected chi connectivity index (χ3v) is 4.46. The minimum absolute atomic E-state index is 0.518. The van der Waals surface area contributed by atoms with Crippen molar-refractivity contribution in [2.75, 3.05) is 24.2 Å². The number of hydrogen-bond donors (Lipinski definition) is 1. The van der Waals surface area contributed by atoms with Gasteiger partial charge in [-0.3, -0.25) is 0 Å². The van der Waals surface area contributed by atoms with Gasteiger partial charge in [0.05, 0.1) is 21.4 Å². The molecule has 1 aliphatic rings. The van der Waals surface area contributed by atoms with Crippen LogP contribution in [-0.4, -0.2) is 13.6 Å². The molecular formula is C14H20Cl2N2. The summed E-state index contributed by atoms with van der Waals surface area (Å²) >= 11 is 12.0. The molecule has 1 aromatic rings. The van der Waals surface area contributed by atoms with Gasteiger partial charge >= 0.3 is 0 Å². The van der Waals surface area contributed by atoms with Gasteiger partial charge in [0.25, 0.3) is 0 Å². The van der Waals surface area contributed by atoms with E-state index >= 15 is 0 Å². The Hall–Kier alpha value is -0.600. The Morgan fingerprint density at radius 1 is 1.17 bits per heavy atom. The van der Waals surface area contributed by atoms with Crippen LogP contribution in [0.1, 0.15) is 32.1 Å². The Labute approximate surface area is 119 Å². The van der Waals surface area contributed by atoms with E-state index in [-0.39, 0.29) is 0 Å². The molecule has 0 aliphatic heterocycles. The summed E-state index contributed by atoms with van der Waals surface area (Å²) in [5, 5.41) is 1.08. The largest absolute Gasteiger partial charge is 0.397 e. The summed E-state index contributed by atoms with van der Waals surface area (Å²) in [5.74, 6) is 0.776. The monoisotopic (exact) mass is 286 g/mol. The molecule has 0 heterocycles. The third-order valence-electron chi connectivity index (χ3n) is 3.74. The maximum Gasteiger partial charge on any atom is 0.0614 e. The second-order valence-corrected chi connectivity index (χ2v) is 6.02. The average Bonchev–Trinajstić information content (AvgIpc) is 2.35. The second kappa shape index (κ2) is 6.03. The van der Waals surface area contributed by atoms with E-state index in [1.54, 1.807) is 6.07 Å². The van der Waals surface area contributed by atoms with Gasteiger partial charge in [-0.1, -0.05) is 42.5 Å². The van der Waals surface area contributed by atoms with E-state index in [0.29, 0.717) is 15.7 Å². The summed E-state index contributed by atoms with van der Waals surface area (Å²) in [7, 11) is 2.07. The molecule has 2 nitrogen and oxygen atoms in total. The molecule has 0 aromatic heterocycles. The SMILES string of the molecule is CN(CC1CCCCC1)c1cc(Cl)c(Cl)cc1N. The van der Waals surface area contributed by atoms with E-state index < -0.39 is 0 Å². The molecule has 2 N–H and O–H groups in total. The van der Waals surface area contributed by atoms with E-state index in [9.17, 15) is 0 Å². The Kier molecular flexibility index (Phi) is 4.63. The lowest BCUT2D eigenvalue weighted by atomic mass is 9.89. The molecule has 4 heteroatoms. The van der Waals surface area contributed by atoms with Crippen LogP contribution in [0.4, 0.5) is 11.4 Å². The minimum atomic E-state index is 0.518. The Morgan fingerprint density at radius 3 is 2.44 bits per heavy atom. The first-order valence-corrected chi connectivity index (χ1v) is 7.29. The topological polar surface area (TPSA) is 29.3 Å². The molecule has 0 saturated heterocycles. The van der Waals surface area contributed by atoms with Gasteiger partial charge in [0.1, 0.15) is 0 Å². The van der Waals surface area contributed by atoms with Crippen molar-refractivity contribution in [3.05, 3.63) is 22.2 Å². The van der Waals surface area contributed by atoms with Gasteiger partial charge in [-0.2, -0.15) is 0 Å². The summed E-state index contributed by atoms with van der Waals surface area (Å²) in [6.07, 6.45) is 6.75. The normalized spacial score (nSPS) is 16.8. The standard InChI is InChI=1S/C14H20Cl2N2/c1-18(9-10-5-3-2-4-6-10)14-8-12(16)11(15)7-13(14)17/h7-8,10H,2-6,9,17H2,1H3. The third kappa shape index (κ3) is 3.24. The van der Waals surface area contributed by atoms with E-state index in [0.717, 1.165) is 18.2 Å². The van der Waals surface area contributed by atoms with Crippen LogP contribution in [0.25, 0.3) is 0 Å². The Balaban J connectivity index is 2.08. The average molecular weight is 287 g/mol. The summed E-state index contributed by atoms with van der Waals surface area (Å²) in [4.78, 5) is 2.20. The van der Waals surface area contributed by atoms with E-state index in [4.69, 9.17) is 28.9 Å². The quantitative estimate of drug-likeness (QED) is 0.824. The zero-order valence-electron chi connectivity index (χ0n) is 10.8. The fourth-order valence-corrected chi connectivity index (χ4v) is 3.07. The molecule has 0 radical (unpaired) electrons. The van der Waals surface area contributed by atoms with Crippen molar-refractivity contribution in [2.24, 2.45) is 5.92 Å². The van der Waals surface area contributed by atoms with Gasteiger partial charge in [-0.05, 0) is 30.9 Å². The van der Waals surface area contributed by atoms with Crippen molar-refractivity contribution < 1.29 is 0 Å². The summed E-state index contributed by atoms with van der Waals surface area (Å²) in [6, 6.07) is 3.60. The summed E-state index contributed by atoms with van der Waals surface area (Å²) < 4.78 is 0. The Bertz CT molecular complexity index is 415. The van der Waals surface area contributed by atoms with Gasteiger partial charge in [-0.15, -0.1) is 0 Å². The zero-order chi connectivity index (χ0) is 13.1. The number of benzene rings is 1. The predicted molar refractivity (Wildman–Crippen MR) is 80.7 cm³/mol.